The molecule has 17 heavy (non-hydrogen) atoms. The number of thioether (sulfide) groups is 1. The predicted molar refractivity (Wildman–Crippen MR) is 71.2 cm³/mol. The summed E-state index contributed by atoms with van der Waals surface area (Å²) < 4.78 is 5.64. The molecule has 1 aromatic heterocycles. The minimum absolute atomic E-state index is 0.256. The molecule has 1 fully saturated rings. The molecule has 2 rings (SSSR count). The van der Waals surface area contributed by atoms with E-state index in [0.717, 1.165) is 29.0 Å². The number of hydrogen-bond acceptors (Lipinski definition) is 4. The molecule has 0 bridgehead atoms. The van der Waals surface area contributed by atoms with Crippen molar-refractivity contribution in [2.24, 2.45) is 17.6 Å². The van der Waals surface area contributed by atoms with Crippen LogP contribution in [-0.4, -0.2) is 16.3 Å². The van der Waals surface area contributed by atoms with Gasteiger partial charge in [-0.05, 0) is 38.5 Å². The van der Waals surface area contributed by atoms with Crippen LogP contribution in [0.2, 0.25) is 0 Å². The fourth-order valence-electron chi connectivity index (χ4n) is 2.70. The van der Waals surface area contributed by atoms with Gasteiger partial charge in [0.15, 0.2) is 0 Å². The molecule has 0 spiro atoms. The van der Waals surface area contributed by atoms with E-state index in [1.807, 2.05) is 13.8 Å². The molecule has 0 aliphatic heterocycles. The maximum atomic E-state index is 6.26. The van der Waals surface area contributed by atoms with Gasteiger partial charge >= 0.3 is 0 Å². The summed E-state index contributed by atoms with van der Waals surface area (Å²) in [4.78, 5) is 4.43. The van der Waals surface area contributed by atoms with Crippen molar-refractivity contribution in [1.82, 2.24) is 4.98 Å². The summed E-state index contributed by atoms with van der Waals surface area (Å²) in [5.74, 6) is 2.29. The minimum Gasteiger partial charge on any atom is -0.437 e. The molecule has 4 heteroatoms. The lowest BCUT2D eigenvalue weighted by atomic mass is 9.80. The zero-order valence-electron chi connectivity index (χ0n) is 11.1. The highest BCUT2D eigenvalue weighted by Crippen LogP contribution is 2.38. The van der Waals surface area contributed by atoms with Crippen LogP contribution in [0.1, 0.15) is 38.1 Å². The summed E-state index contributed by atoms with van der Waals surface area (Å²) in [7, 11) is 0. The van der Waals surface area contributed by atoms with Crippen LogP contribution in [-0.2, 0) is 0 Å². The summed E-state index contributed by atoms with van der Waals surface area (Å²) in [6.07, 6.45) is 2.37. The average Bonchev–Trinajstić information content (AvgIpc) is 2.52. The van der Waals surface area contributed by atoms with Crippen LogP contribution in [0.5, 0.6) is 0 Å². The molecule has 0 aromatic carbocycles. The Morgan fingerprint density at radius 1 is 1.29 bits per heavy atom. The van der Waals surface area contributed by atoms with E-state index in [2.05, 4.69) is 18.8 Å². The molecule has 3 nitrogen and oxygen atoms in total. The van der Waals surface area contributed by atoms with Crippen LogP contribution in [0, 0.1) is 25.7 Å². The highest BCUT2D eigenvalue weighted by molar-refractivity contribution is 7.99. The number of oxazole rings is 1. The molecule has 96 valence electrons. The Morgan fingerprint density at radius 3 is 2.53 bits per heavy atom. The second-order valence-electron chi connectivity index (χ2n) is 5.42. The lowest BCUT2D eigenvalue weighted by Gasteiger charge is -2.36. The van der Waals surface area contributed by atoms with E-state index in [-0.39, 0.29) is 6.04 Å². The first-order valence-electron chi connectivity index (χ1n) is 6.33. The van der Waals surface area contributed by atoms with E-state index >= 15 is 0 Å². The molecule has 1 aliphatic carbocycles. The second kappa shape index (κ2) is 5.02. The third-order valence-corrected chi connectivity index (χ3v) is 5.14. The highest BCUT2D eigenvalue weighted by Gasteiger charge is 2.33. The summed E-state index contributed by atoms with van der Waals surface area (Å²) >= 11 is 1.72. The lowest BCUT2D eigenvalue weighted by Crippen LogP contribution is -2.42. The van der Waals surface area contributed by atoms with E-state index in [9.17, 15) is 0 Å². The molecule has 0 saturated heterocycles. The van der Waals surface area contributed by atoms with Crippen LogP contribution in [0.15, 0.2) is 9.64 Å². The summed E-state index contributed by atoms with van der Waals surface area (Å²) in [6.45, 7) is 8.51. The Balaban J connectivity index is 2.07. The summed E-state index contributed by atoms with van der Waals surface area (Å²) in [5, 5.41) is 1.21. The number of hydrogen-bond donors (Lipinski definition) is 1. The molecule has 1 saturated carbocycles. The molecule has 4 atom stereocenters. The van der Waals surface area contributed by atoms with Gasteiger partial charge in [-0.2, -0.15) is 0 Å². The van der Waals surface area contributed by atoms with E-state index < -0.39 is 0 Å². The van der Waals surface area contributed by atoms with Crippen LogP contribution in [0.3, 0.4) is 0 Å². The number of nitrogens with two attached hydrogens (primary N) is 1. The fraction of sp³-hybridized carbons (Fsp3) is 0.769. The Bertz CT molecular complexity index is 359. The average molecular weight is 254 g/mol. The first kappa shape index (κ1) is 13.0. The first-order valence-corrected chi connectivity index (χ1v) is 7.21. The maximum absolute atomic E-state index is 6.26. The van der Waals surface area contributed by atoms with Gasteiger partial charge in [0.25, 0.3) is 5.22 Å². The van der Waals surface area contributed by atoms with Crippen LogP contribution in [0.4, 0.5) is 0 Å². The molecule has 0 amide bonds. The second-order valence-corrected chi connectivity index (χ2v) is 6.55. The van der Waals surface area contributed by atoms with Gasteiger partial charge in [0, 0.05) is 11.3 Å². The van der Waals surface area contributed by atoms with Gasteiger partial charge in [-0.25, -0.2) is 4.98 Å². The maximum Gasteiger partial charge on any atom is 0.256 e. The highest BCUT2D eigenvalue weighted by atomic mass is 32.2. The first-order chi connectivity index (χ1) is 7.97. The largest absolute Gasteiger partial charge is 0.437 e. The zero-order chi connectivity index (χ0) is 12.6. The van der Waals surface area contributed by atoms with Gasteiger partial charge in [-0.3, -0.25) is 0 Å². The molecule has 4 unspecified atom stereocenters. The smallest absolute Gasteiger partial charge is 0.256 e. The molecule has 0 radical (unpaired) electrons. The SMILES string of the molecule is Cc1nc(SC2C(C)CC(C)CC2N)oc1C. The number of nitrogens with zero attached hydrogens (tertiary/aromatic N) is 1. The Labute approximate surface area is 108 Å². The molecule has 2 N–H and O–H groups in total. The molecular weight excluding hydrogens is 232 g/mol. The quantitative estimate of drug-likeness (QED) is 0.881. The topological polar surface area (TPSA) is 52.0 Å². The minimum atomic E-state index is 0.256. The number of aryl methyl sites for hydroxylation is 2. The monoisotopic (exact) mass is 254 g/mol. The van der Waals surface area contributed by atoms with Gasteiger partial charge in [0.1, 0.15) is 5.76 Å². The van der Waals surface area contributed by atoms with Crippen LogP contribution < -0.4 is 5.73 Å². The van der Waals surface area contributed by atoms with Crippen molar-refractivity contribution < 1.29 is 4.42 Å². The van der Waals surface area contributed by atoms with Gasteiger partial charge in [0.05, 0.1) is 5.69 Å². The number of rotatable bonds is 2. The Kier molecular flexibility index (Phi) is 3.83. The fourth-order valence-corrected chi connectivity index (χ4v) is 3.92. The van der Waals surface area contributed by atoms with Crippen LogP contribution >= 0.6 is 11.8 Å². The van der Waals surface area contributed by atoms with E-state index in [0.29, 0.717) is 11.2 Å². The van der Waals surface area contributed by atoms with Gasteiger partial charge in [0.2, 0.25) is 0 Å². The Hall–Kier alpha value is -0.480. The summed E-state index contributed by atoms with van der Waals surface area (Å²) in [6, 6.07) is 0.256. The van der Waals surface area contributed by atoms with Gasteiger partial charge in [-0.15, -0.1) is 0 Å². The lowest BCUT2D eigenvalue weighted by molar-refractivity contribution is 0.277. The van der Waals surface area contributed by atoms with Gasteiger partial charge < -0.3 is 10.2 Å². The molecule has 1 heterocycles. The predicted octanol–water partition coefficient (Wildman–Crippen LogP) is 3.15. The van der Waals surface area contributed by atoms with Crippen molar-refractivity contribution in [3.63, 3.8) is 0 Å². The zero-order valence-corrected chi connectivity index (χ0v) is 11.9. The standard InChI is InChI=1S/C13H22N2OS/c1-7-5-8(2)12(11(14)6-7)17-13-15-9(3)10(4)16-13/h7-8,11-12H,5-6,14H2,1-4H3. The van der Waals surface area contributed by atoms with E-state index in [1.54, 1.807) is 11.8 Å². The number of aromatic nitrogens is 1. The molecular formula is C13H22N2OS. The van der Waals surface area contributed by atoms with Crippen LogP contribution in [0.25, 0.3) is 0 Å². The normalized spacial score (nSPS) is 33.9. The van der Waals surface area contributed by atoms with E-state index in [4.69, 9.17) is 10.2 Å². The molecule has 1 aromatic rings. The van der Waals surface area contributed by atoms with Crippen molar-refractivity contribution in [3.8, 4) is 0 Å². The van der Waals surface area contributed by atoms with E-state index in [1.165, 1.54) is 6.42 Å². The third-order valence-electron chi connectivity index (χ3n) is 3.68. The van der Waals surface area contributed by atoms with Crippen molar-refractivity contribution in [3.05, 3.63) is 11.5 Å². The van der Waals surface area contributed by atoms with Crippen molar-refractivity contribution >= 4 is 11.8 Å². The van der Waals surface area contributed by atoms with Crippen molar-refractivity contribution in [1.29, 1.82) is 0 Å². The van der Waals surface area contributed by atoms with Crippen molar-refractivity contribution in [2.45, 2.75) is 57.1 Å². The summed E-state index contributed by atoms with van der Waals surface area (Å²) in [5.41, 5.74) is 7.25. The third kappa shape index (κ3) is 2.86. The Morgan fingerprint density at radius 2 is 2.00 bits per heavy atom. The van der Waals surface area contributed by atoms with Crippen molar-refractivity contribution in [2.75, 3.05) is 0 Å². The van der Waals surface area contributed by atoms with Gasteiger partial charge in [-0.1, -0.05) is 25.6 Å². The molecule has 1 aliphatic rings.